The topological polar surface area (TPSA) is 74.7 Å². The Kier molecular flexibility index (Phi) is 6.56. The van der Waals surface area contributed by atoms with Crippen molar-refractivity contribution in [1.82, 2.24) is 4.31 Å². The molecule has 0 unspecified atom stereocenters. The molecule has 0 fully saturated rings. The fourth-order valence-electron chi connectivity index (χ4n) is 4.25. The first-order valence-corrected chi connectivity index (χ1v) is 12.8. The van der Waals surface area contributed by atoms with Crippen LogP contribution in [0.3, 0.4) is 0 Å². The molecule has 1 aliphatic rings. The molecule has 33 heavy (non-hydrogen) atoms. The summed E-state index contributed by atoms with van der Waals surface area (Å²) in [6, 6.07) is 20.0. The van der Waals surface area contributed by atoms with Crippen molar-refractivity contribution < 1.29 is 18.3 Å². The van der Waals surface area contributed by atoms with Crippen LogP contribution in [-0.4, -0.2) is 23.8 Å². The summed E-state index contributed by atoms with van der Waals surface area (Å²) in [7, 11) is -4.05. The largest absolute Gasteiger partial charge is 0.478 e. The number of hydrogen-bond donors (Lipinski definition) is 1. The fourth-order valence-corrected chi connectivity index (χ4v) is 6.29. The van der Waals surface area contributed by atoms with Crippen LogP contribution in [0.4, 0.5) is 0 Å². The Labute approximate surface area is 202 Å². The second-order valence-electron chi connectivity index (χ2n) is 8.23. The van der Waals surface area contributed by atoms with Gasteiger partial charge in [0.05, 0.1) is 22.6 Å². The average molecular weight is 526 g/mol. The van der Waals surface area contributed by atoms with Crippen molar-refractivity contribution in [1.29, 1.82) is 0 Å². The zero-order valence-electron chi connectivity index (χ0n) is 18.3. The molecule has 0 aromatic heterocycles. The first-order chi connectivity index (χ1) is 15.7. The third-order valence-corrected chi connectivity index (χ3v) is 8.29. The number of hydrogen-bond acceptors (Lipinski definition) is 3. The van der Waals surface area contributed by atoms with Crippen molar-refractivity contribution in [2.45, 2.75) is 37.2 Å². The van der Waals surface area contributed by atoms with E-state index >= 15 is 0 Å². The van der Waals surface area contributed by atoms with Gasteiger partial charge >= 0.3 is 5.97 Å². The van der Waals surface area contributed by atoms with Gasteiger partial charge in [-0.25, -0.2) is 13.2 Å². The van der Waals surface area contributed by atoms with Gasteiger partial charge in [0, 0.05) is 4.47 Å². The van der Waals surface area contributed by atoms with Crippen molar-refractivity contribution in [3.05, 3.63) is 111 Å². The zero-order chi connectivity index (χ0) is 23.8. The number of halogens is 1. The highest BCUT2D eigenvalue weighted by atomic mass is 79.9. The maximum absolute atomic E-state index is 14.1. The van der Waals surface area contributed by atoms with E-state index in [1.807, 2.05) is 38.1 Å². The number of aryl methyl sites for hydroxylation is 2. The number of nitrogens with zero attached hydrogens (tertiary/aromatic N) is 1. The first kappa shape index (κ1) is 23.4. The SMILES string of the molecule is Cc1ccc(S(=O)(=O)N2[C@@H](c3ccc(Br)cc3)C(C(=O)O)=CC[C@H]2c2cccc(C)c2)cc1. The van der Waals surface area contributed by atoms with Gasteiger partial charge in [0.1, 0.15) is 0 Å². The molecule has 2 atom stereocenters. The highest BCUT2D eigenvalue weighted by molar-refractivity contribution is 9.10. The molecule has 0 saturated carbocycles. The summed E-state index contributed by atoms with van der Waals surface area (Å²) in [5, 5.41) is 10.0. The third-order valence-electron chi connectivity index (χ3n) is 5.87. The Balaban J connectivity index is 1.97. The lowest BCUT2D eigenvalue weighted by Crippen LogP contribution is -2.42. The van der Waals surface area contributed by atoms with Gasteiger partial charge in [0.15, 0.2) is 0 Å². The average Bonchev–Trinajstić information content (AvgIpc) is 2.79. The number of sulfonamides is 1. The van der Waals surface area contributed by atoms with E-state index in [9.17, 15) is 18.3 Å². The normalized spacial score (nSPS) is 19.2. The molecule has 3 aromatic carbocycles. The highest BCUT2D eigenvalue weighted by Gasteiger charge is 2.44. The van der Waals surface area contributed by atoms with Crippen LogP contribution < -0.4 is 0 Å². The quantitative estimate of drug-likeness (QED) is 0.446. The lowest BCUT2D eigenvalue weighted by atomic mass is 9.89. The van der Waals surface area contributed by atoms with E-state index in [0.29, 0.717) is 5.56 Å². The molecule has 7 heteroatoms. The van der Waals surface area contributed by atoms with Crippen LogP contribution in [0.15, 0.2) is 93.8 Å². The number of benzene rings is 3. The maximum Gasteiger partial charge on any atom is 0.333 e. The molecule has 0 aliphatic carbocycles. The fraction of sp³-hybridized carbons (Fsp3) is 0.192. The van der Waals surface area contributed by atoms with E-state index in [1.165, 1.54) is 4.31 Å². The monoisotopic (exact) mass is 525 g/mol. The summed E-state index contributed by atoms with van der Waals surface area (Å²) >= 11 is 3.41. The third kappa shape index (κ3) is 4.67. The molecular formula is C26H24BrNO4S. The summed E-state index contributed by atoms with van der Waals surface area (Å²) in [6.07, 6.45) is 1.92. The van der Waals surface area contributed by atoms with Crippen LogP contribution in [0, 0.1) is 13.8 Å². The van der Waals surface area contributed by atoms with Gasteiger partial charge in [-0.15, -0.1) is 0 Å². The molecule has 1 heterocycles. The smallest absolute Gasteiger partial charge is 0.333 e. The Bertz CT molecular complexity index is 1320. The first-order valence-electron chi connectivity index (χ1n) is 10.5. The van der Waals surface area contributed by atoms with Crippen molar-refractivity contribution >= 4 is 31.9 Å². The number of carboxylic acid groups (broad SMARTS) is 1. The molecule has 5 nitrogen and oxygen atoms in total. The van der Waals surface area contributed by atoms with Gasteiger partial charge in [-0.2, -0.15) is 4.31 Å². The lowest BCUT2D eigenvalue weighted by Gasteiger charge is -2.40. The molecule has 0 spiro atoms. The van der Waals surface area contributed by atoms with Crippen molar-refractivity contribution in [3.63, 3.8) is 0 Å². The maximum atomic E-state index is 14.1. The zero-order valence-corrected chi connectivity index (χ0v) is 20.7. The summed E-state index contributed by atoms with van der Waals surface area (Å²) in [5.41, 5.74) is 3.43. The van der Waals surface area contributed by atoms with Gasteiger partial charge in [-0.05, 0) is 55.7 Å². The van der Waals surface area contributed by atoms with Gasteiger partial charge < -0.3 is 5.11 Å². The van der Waals surface area contributed by atoms with Crippen molar-refractivity contribution in [2.75, 3.05) is 0 Å². The van der Waals surface area contributed by atoms with Gasteiger partial charge in [0.2, 0.25) is 10.0 Å². The summed E-state index contributed by atoms with van der Waals surface area (Å²) in [6.45, 7) is 3.85. The molecule has 0 saturated heterocycles. The number of aliphatic carboxylic acids is 1. The summed E-state index contributed by atoms with van der Waals surface area (Å²) in [4.78, 5) is 12.4. The number of carbonyl (C=O) groups is 1. The van der Waals surface area contributed by atoms with Crippen LogP contribution in [0.2, 0.25) is 0 Å². The van der Waals surface area contributed by atoms with Crippen LogP contribution in [0.1, 0.15) is 40.8 Å². The molecule has 0 radical (unpaired) electrons. The molecule has 4 rings (SSSR count). The van der Waals surface area contributed by atoms with Crippen molar-refractivity contribution in [3.8, 4) is 0 Å². The molecule has 0 amide bonds. The minimum Gasteiger partial charge on any atom is -0.478 e. The molecule has 170 valence electrons. The summed E-state index contributed by atoms with van der Waals surface area (Å²) < 4.78 is 30.4. The van der Waals surface area contributed by atoms with E-state index in [4.69, 9.17) is 0 Å². The Morgan fingerprint density at radius 3 is 2.21 bits per heavy atom. The number of carboxylic acids is 1. The van der Waals surface area contributed by atoms with E-state index in [-0.39, 0.29) is 16.9 Å². The van der Waals surface area contributed by atoms with E-state index in [1.54, 1.807) is 54.6 Å². The number of rotatable bonds is 5. The lowest BCUT2D eigenvalue weighted by molar-refractivity contribution is -0.133. The molecular weight excluding hydrogens is 502 g/mol. The Morgan fingerprint density at radius 1 is 0.939 bits per heavy atom. The van der Waals surface area contributed by atoms with Gasteiger partial charge in [0.25, 0.3) is 0 Å². The van der Waals surface area contributed by atoms with Crippen LogP contribution >= 0.6 is 15.9 Å². The predicted octanol–water partition coefficient (Wildman–Crippen LogP) is 5.95. The second-order valence-corrected chi connectivity index (χ2v) is 11.0. The van der Waals surface area contributed by atoms with Crippen LogP contribution in [-0.2, 0) is 14.8 Å². The van der Waals surface area contributed by atoms with Crippen molar-refractivity contribution in [2.24, 2.45) is 0 Å². The van der Waals surface area contributed by atoms with E-state index in [2.05, 4.69) is 15.9 Å². The molecule has 0 bridgehead atoms. The molecule has 3 aromatic rings. The highest BCUT2D eigenvalue weighted by Crippen LogP contribution is 2.45. The van der Waals surface area contributed by atoms with E-state index < -0.39 is 28.1 Å². The van der Waals surface area contributed by atoms with Gasteiger partial charge in [-0.3, -0.25) is 0 Å². The molecule has 1 aliphatic heterocycles. The Hall–Kier alpha value is -2.74. The van der Waals surface area contributed by atoms with Crippen LogP contribution in [0.25, 0.3) is 0 Å². The standard InChI is InChI=1S/C26H24BrNO4S/c1-17-6-12-22(13-7-17)33(31,32)28-24(20-5-3-4-18(2)16-20)15-14-23(26(29)30)25(28)19-8-10-21(27)11-9-19/h3-14,16,24-25H,15H2,1-2H3,(H,29,30)/t24-,25-/m0/s1. The summed E-state index contributed by atoms with van der Waals surface area (Å²) in [5.74, 6) is -1.13. The minimum atomic E-state index is -4.05. The van der Waals surface area contributed by atoms with Crippen LogP contribution in [0.5, 0.6) is 0 Å². The predicted molar refractivity (Wildman–Crippen MR) is 131 cm³/mol. The Morgan fingerprint density at radius 2 is 1.61 bits per heavy atom. The van der Waals surface area contributed by atoms with E-state index in [0.717, 1.165) is 21.2 Å². The second kappa shape index (κ2) is 9.25. The minimum absolute atomic E-state index is 0.0527. The molecule has 1 N–H and O–H groups in total. The van der Waals surface area contributed by atoms with Gasteiger partial charge in [-0.1, -0.05) is 81.7 Å².